The molecule has 27 heavy (non-hydrogen) atoms. The Balaban J connectivity index is 1.80. The molecule has 0 fully saturated rings. The molecule has 0 unspecified atom stereocenters. The first-order valence-corrected chi connectivity index (χ1v) is 11.0. The largest absolute Gasteiger partial charge is 0.461 e. The smallest absolute Gasteiger partial charge is 0.306 e. The number of nitrogens with zero attached hydrogens (tertiary/aromatic N) is 1. The highest BCUT2D eigenvalue weighted by atomic mass is 16.5. The van der Waals surface area contributed by atoms with Crippen molar-refractivity contribution in [2.24, 2.45) is 0 Å². The molecule has 0 amide bonds. The lowest BCUT2D eigenvalue weighted by Crippen LogP contribution is -2.04. The molecule has 0 aliphatic heterocycles. The number of hydrogen-bond acceptors (Lipinski definition) is 3. The monoisotopic (exact) mass is 373 g/mol. The van der Waals surface area contributed by atoms with Crippen LogP contribution in [0.25, 0.3) is 0 Å². The van der Waals surface area contributed by atoms with Gasteiger partial charge in [0.15, 0.2) is 0 Å². The van der Waals surface area contributed by atoms with Gasteiger partial charge in [-0.1, -0.05) is 76.5 Å². The van der Waals surface area contributed by atoms with E-state index in [0.29, 0.717) is 13.0 Å². The molecule has 152 valence electrons. The highest BCUT2D eigenvalue weighted by Gasteiger charge is 2.03. The molecule has 0 spiro atoms. The third kappa shape index (κ3) is 15.1. The van der Waals surface area contributed by atoms with E-state index < -0.39 is 0 Å². The van der Waals surface area contributed by atoms with E-state index in [4.69, 9.17) is 4.74 Å². The molecule has 1 aromatic heterocycles. The molecule has 1 heterocycles. The average Bonchev–Trinajstić information content (AvgIpc) is 2.70. The number of ether oxygens (including phenoxy) is 1. The van der Waals surface area contributed by atoms with Crippen molar-refractivity contribution in [1.29, 1.82) is 0 Å². The molecular weight excluding hydrogens is 334 g/mol. The second-order valence-corrected chi connectivity index (χ2v) is 7.36. The summed E-state index contributed by atoms with van der Waals surface area (Å²) in [6, 6.07) is 3.78. The summed E-state index contributed by atoms with van der Waals surface area (Å²) in [4.78, 5) is 15.7. The number of esters is 1. The van der Waals surface area contributed by atoms with Crippen LogP contribution in [0.4, 0.5) is 0 Å². The molecule has 0 bridgehead atoms. The van der Waals surface area contributed by atoms with Gasteiger partial charge in [-0.2, -0.15) is 0 Å². The number of carbonyl (C=O) groups excluding carboxylic acids is 1. The van der Waals surface area contributed by atoms with Crippen molar-refractivity contribution < 1.29 is 9.53 Å². The van der Waals surface area contributed by atoms with Crippen molar-refractivity contribution in [3.05, 3.63) is 42.2 Å². The van der Waals surface area contributed by atoms with Crippen LogP contribution >= 0.6 is 0 Å². The van der Waals surface area contributed by atoms with Gasteiger partial charge in [-0.25, -0.2) is 0 Å². The molecule has 0 N–H and O–H groups in total. The van der Waals surface area contributed by atoms with Gasteiger partial charge in [0, 0.05) is 24.4 Å². The number of aromatic nitrogens is 1. The first kappa shape index (κ1) is 23.4. The van der Waals surface area contributed by atoms with Crippen LogP contribution < -0.4 is 0 Å². The molecule has 3 nitrogen and oxygen atoms in total. The maximum atomic E-state index is 11.7. The van der Waals surface area contributed by atoms with Crippen LogP contribution in [0.5, 0.6) is 0 Å². The van der Waals surface area contributed by atoms with Gasteiger partial charge in [-0.3, -0.25) is 9.78 Å². The predicted octanol–water partition coefficient (Wildman–Crippen LogP) is 7.16. The Bertz CT molecular complexity index is 484. The Morgan fingerprint density at radius 3 is 2.19 bits per heavy atom. The third-order valence-electron chi connectivity index (χ3n) is 4.77. The van der Waals surface area contributed by atoms with Crippen molar-refractivity contribution >= 4 is 5.97 Å². The SMILES string of the molecule is CCCCC/C=C\CCCCCCCCCCC(=O)OCc1cccnc1. The fourth-order valence-corrected chi connectivity index (χ4v) is 3.06. The van der Waals surface area contributed by atoms with Gasteiger partial charge in [-0.15, -0.1) is 0 Å². The first-order chi connectivity index (χ1) is 13.3. The summed E-state index contributed by atoms with van der Waals surface area (Å²) >= 11 is 0. The van der Waals surface area contributed by atoms with Crippen molar-refractivity contribution in [3.63, 3.8) is 0 Å². The van der Waals surface area contributed by atoms with Gasteiger partial charge in [0.2, 0.25) is 0 Å². The molecule has 0 aliphatic rings. The summed E-state index contributed by atoms with van der Waals surface area (Å²) in [6.07, 6.45) is 25.1. The summed E-state index contributed by atoms with van der Waals surface area (Å²) in [5.74, 6) is -0.0957. The predicted molar refractivity (Wildman–Crippen MR) is 113 cm³/mol. The van der Waals surface area contributed by atoms with Crippen LogP contribution in [0.15, 0.2) is 36.7 Å². The minimum Gasteiger partial charge on any atom is -0.461 e. The van der Waals surface area contributed by atoms with Gasteiger partial charge in [-0.05, 0) is 38.2 Å². The number of unbranched alkanes of at least 4 members (excludes halogenated alkanes) is 11. The van der Waals surface area contributed by atoms with Gasteiger partial charge < -0.3 is 4.74 Å². The topological polar surface area (TPSA) is 39.2 Å². The van der Waals surface area contributed by atoms with Crippen LogP contribution in [0, 0.1) is 0 Å². The first-order valence-electron chi connectivity index (χ1n) is 11.0. The van der Waals surface area contributed by atoms with E-state index >= 15 is 0 Å². The second kappa shape index (κ2) is 17.8. The van der Waals surface area contributed by atoms with Crippen molar-refractivity contribution in [2.75, 3.05) is 0 Å². The maximum Gasteiger partial charge on any atom is 0.306 e. The van der Waals surface area contributed by atoms with E-state index in [-0.39, 0.29) is 5.97 Å². The molecule has 3 heteroatoms. The normalized spacial score (nSPS) is 11.1. The minimum absolute atomic E-state index is 0.0957. The quantitative estimate of drug-likeness (QED) is 0.165. The number of allylic oxidation sites excluding steroid dienone is 2. The van der Waals surface area contributed by atoms with Crippen molar-refractivity contribution in [2.45, 2.75) is 103 Å². The molecule has 1 aromatic rings. The lowest BCUT2D eigenvalue weighted by Gasteiger charge is -2.05. The molecule has 0 aliphatic carbocycles. The standard InChI is InChI=1S/C24H39NO2/c1-2-3-4-5-6-7-8-9-10-11-12-13-14-15-16-19-24(26)27-22-23-18-17-20-25-21-23/h6-7,17-18,20-21H,2-5,8-16,19,22H2,1H3/b7-6-. The average molecular weight is 374 g/mol. The number of hydrogen-bond donors (Lipinski definition) is 0. The van der Waals surface area contributed by atoms with Gasteiger partial charge in [0.05, 0.1) is 0 Å². The number of carbonyl (C=O) groups is 1. The van der Waals surface area contributed by atoms with Crippen molar-refractivity contribution in [1.82, 2.24) is 4.98 Å². The Morgan fingerprint density at radius 2 is 1.56 bits per heavy atom. The van der Waals surface area contributed by atoms with E-state index in [0.717, 1.165) is 18.4 Å². The fraction of sp³-hybridized carbons (Fsp3) is 0.667. The van der Waals surface area contributed by atoms with Gasteiger partial charge in [0.1, 0.15) is 6.61 Å². The Morgan fingerprint density at radius 1 is 0.926 bits per heavy atom. The van der Waals surface area contributed by atoms with Crippen LogP contribution in [0.3, 0.4) is 0 Å². The fourth-order valence-electron chi connectivity index (χ4n) is 3.06. The van der Waals surface area contributed by atoms with Gasteiger partial charge >= 0.3 is 5.97 Å². The minimum atomic E-state index is -0.0957. The molecule has 0 radical (unpaired) electrons. The molecule has 1 rings (SSSR count). The summed E-state index contributed by atoms with van der Waals surface area (Å²) in [6.45, 7) is 2.59. The summed E-state index contributed by atoms with van der Waals surface area (Å²) < 4.78 is 5.26. The summed E-state index contributed by atoms with van der Waals surface area (Å²) in [5.41, 5.74) is 0.942. The van der Waals surface area contributed by atoms with E-state index in [1.165, 1.54) is 70.6 Å². The van der Waals surface area contributed by atoms with E-state index in [9.17, 15) is 4.79 Å². The Hall–Kier alpha value is -1.64. The molecule has 0 aromatic carbocycles. The second-order valence-electron chi connectivity index (χ2n) is 7.36. The lowest BCUT2D eigenvalue weighted by atomic mass is 10.1. The maximum absolute atomic E-state index is 11.7. The van der Waals surface area contributed by atoms with E-state index in [1.807, 2.05) is 12.1 Å². The highest BCUT2D eigenvalue weighted by Crippen LogP contribution is 2.12. The lowest BCUT2D eigenvalue weighted by molar-refractivity contribution is -0.145. The van der Waals surface area contributed by atoms with E-state index in [2.05, 4.69) is 24.1 Å². The molecule has 0 saturated heterocycles. The number of rotatable bonds is 17. The zero-order valence-corrected chi connectivity index (χ0v) is 17.3. The Kier molecular flexibility index (Phi) is 15.4. The number of pyridine rings is 1. The van der Waals surface area contributed by atoms with Crippen LogP contribution in [-0.2, 0) is 16.1 Å². The zero-order chi connectivity index (χ0) is 19.4. The van der Waals surface area contributed by atoms with Gasteiger partial charge in [0.25, 0.3) is 0 Å². The van der Waals surface area contributed by atoms with Crippen LogP contribution in [0.1, 0.15) is 102 Å². The molecular formula is C24H39NO2. The van der Waals surface area contributed by atoms with Crippen LogP contribution in [-0.4, -0.2) is 11.0 Å². The molecule has 0 atom stereocenters. The Labute approximate surface area is 166 Å². The highest BCUT2D eigenvalue weighted by molar-refractivity contribution is 5.69. The van der Waals surface area contributed by atoms with E-state index in [1.54, 1.807) is 12.4 Å². The van der Waals surface area contributed by atoms with Crippen molar-refractivity contribution in [3.8, 4) is 0 Å². The van der Waals surface area contributed by atoms with Crippen LogP contribution in [0.2, 0.25) is 0 Å². The molecule has 0 saturated carbocycles. The summed E-state index contributed by atoms with van der Waals surface area (Å²) in [5, 5.41) is 0. The third-order valence-corrected chi connectivity index (χ3v) is 4.77. The zero-order valence-electron chi connectivity index (χ0n) is 17.3. The summed E-state index contributed by atoms with van der Waals surface area (Å²) in [7, 11) is 0.